The van der Waals surface area contributed by atoms with Crippen LogP contribution in [0.2, 0.25) is 0 Å². The van der Waals surface area contributed by atoms with E-state index < -0.39 is 34.2 Å². The van der Waals surface area contributed by atoms with E-state index >= 15 is 0 Å². The SMILES string of the molecule is COC(=O)[C@@]1(C(=O)c2ccc([N+](=O)[O-])cc2)[C@@H](O)C[C@@H]2CC[C@H]1N2C. The average Bonchev–Trinajstić information content (AvgIpc) is 2.87. The molecule has 2 saturated heterocycles. The minimum Gasteiger partial charge on any atom is -0.468 e. The number of methoxy groups -OCH3 is 1. The van der Waals surface area contributed by atoms with Crippen molar-refractivity contribution >= 4 is 17.4 Å². The fourth-order valence-electron chi connectivity index (χ4n) is 4.32. The second-order valence-corrected chi connectivity index (χ2v) is 6.66. The van der Waals surface area contributed by atoms with Crippen LogP contribution in [0.5, 0.6) is 0 Å². The van der Waals surface area contributed by atoms with Gasteiger partial charge in [0.1, 0.15) is 0 Å². The summed E-state index contributed by atoms with van der Waals surface area (Å²) in [5, 5.41) is 21.5. The number of aliphatic hydroxyl groups excluding tert-OH is 1. The molecule has 0 radical (unpaired) electrons. The maximum Gasteiger partial charge on any atom is 0.324 e. The number of carbonyl (C=O) groups is 2. The third-order valence-corrected chi connectivity index (χ3v) is 5.63. The van der Waals surface area contributed by atoms with Crippen LogP contribution in [0.1, 0.15) is 29.6 Å². The van der Waals surface area contributed by atoms with Crippen LogP contribution in [0.3, 0.4) is 0 Å². The molecule has 0 aliphatic carbocycles. The van der Waals surface area contributed by atoms with Gasteiger partial charge < -0.3 is 9.84 Å². The number of esters is 1. The Morgan fingerprint density at radius 3 is 2.52 bits per heavy atom. The molecule has 1 N–H and O–H groups in total. The molecule has 8 heteroatoms. The van der Waals surface area contributed by atoms with E-state index in [0.717, 1.165) is 6.42 Å². The molecule has 2 aliphatic rings. The van der Waals surface area contributed by atoms with Crippen molar-refractivity contribution in [2.24, 2.45) is 5.41 Å². The van der Waals surface area contributed by atoms with E-state index in [0.29, 0.717) is 12.8 Å². The van der Waals surface area contributed by atoms with Crippen LogP contribution in [0.15, 0.2) is 24.3 Å². The maximum absolute atomic E-state index is 13.3. The topological polar surface area (TPSA) is 110 Å². The molecule has 3 rings (SSSR count). The van der Waals surface area contributed by atoms with E-state index in [2.05, 4.69) is 0 Å². The third-order valence-electron chi connectivity index (χ3n) is 5.63. The first-order valence-corrected chi connectivity index (χ1v) is 8.11. The molecule has 2 aliphatic heterocycles. The minimum atomic E-state index is -1.72. The zero-order chi connectivity index (χ0) is 18.4. The van der Waals surface area contributed by atoms with Gasteiger partial charge in [0.2, 0.25) is 0 Å². The van der Waals surface area contributed by atoms with E-state index in [1.165, 1.54) is 31.4 Å². The van der Waals surface area contributed by atoms with Crippen LogP contribution in [0.4, 0.5) is 5.69 Å². The van der Waals surface area contributed by atoms with Gasteiger partial charge in [-0.1, -0.05) is 0 Å². The molecular formula is C17H20N2O6. The Hall–Kier alpha value is -2.32. The number of hydrogen-bond donors (Lipinski definition) is 1. The van der Waals surface area contributed by atoms with Gasteiger partial charge in [-0.25, -0.2) is 0 Å². The highest BCUT2D eigenvalue weighted by molar-refractivity contribution is 6.14. The Kier molecular flexibility index (Phi) is 4.34. The summed E-state index contributed by atoms with van der Waals surface area (Å²) in [7, 11) is 3.04. The van der Waals surface area contributed by atoms with E-state index in [1.807, 2.05) is 11.9 Å². The van der Waals surface area contributed by atoms with E-state index in [9.17, 15) is 24.8 Å². The quantitative estimate of drug-likeness (QED) is 0.286. The molecule has 0 spiro atoms. The maximum atomic E-state index is 13.3. The predicted octanol–water partition coefficient (Wildman–Crippen LogP) is 1.16. The minimum absolute atomic E-state index is 0.127. The number of piperidine rings is 1. The molecule has 25 heavy (non-hydrogen) atoms. The number of rotatable bonds is 4. The normalized spacial score (nSPS) is 31.6. The summed E-state index contributed by atoms with van der Waals surface area (Å²) in [4.78, 5) is 38.2. The highest BCUT2D eigenvalue weighted by atomic mass is 16.6. The lowest BCUT2D eigenvalue weighted by Crippen LogP contribution is -2.64. The summed E-state index contributed by atoms with van der Waals surface area (Å²) < 4.78 is 4.91. The number of ether oxygens (including phenoxy) is 1. The lowest BCUT2D eigenvalue weighted by Gasteiger charge is -2.47. The fourth-order valence-corrected chi connectivity index (χ4v) is 4.32. The Balaban J connectivity index is 2.08. The van der Waals surface area contributed by atoms with E-state index in [-0.39, 0.29) is 17.3 Å². The molecule has 1 aromatic rings. The van der Waals surface area contributed by atoms with Gasteiger partial charge in [0, 0.05) is 29.8 Å². The number of benzene rings is 1. The molecule has 1 aromatic carbocycles. The Labute approximate surface area is 144 Å². The molecule has 134 valence electrons. The Bertz CT molecular complexity index is 718. The Morgan fingerprint density at radius 1 is 1.32 bits per heavy atom. The summed E-state index contributed by atoms with van der Waals surface area (Å²) in [5.41, 5.74) is -1.72. The van der Waals surface area contributed by atoms with Gasteiger partial charge in [0.15, 0.2) is 11.2 Å². The van der Waals surface area contributed by atoms with Gasteiger partial charge in [0.25, 0.3) is 5.69 Å². The molecule has 0 amide bonds. The number of nitro benzene ring substituents is 1. The van der Waals surface area contributed by atoms with Crippen LogP contribution in [0, 0.1) is 15.5 Å². The molecule has 0 aromatic heterocycles. The Morgan fingerprint density at radius 2 is 1.96 bits per heavy atom. The summed E-state index contributed by atoms with van der Waals surface area (Å²) in [6.07, 6.45) is 0.550. The number of fused-ring (bicyclic) bond motifs is 2. The van der Waals surface area contributed by atoms with Crippen LogP contribution in [0.25, 0.3) is 0 Å². The summed E-state index contributed by atoms with van der Waals surface area (Å²) in [6.45, 7) is 0. The highest BCUT2D eigenvalue weighted by Gasteiger charge is 2.64. The molecule has 4 atom stereocenters. The molecule has 0 saturated carbocycles. The molecular weight excluding hydrogens is 328 g/mol. The third kappa shape index (κ3) is 2.44. The standard InChI is InChI=1S/C17H20N2O6/c1-18-12-7-8-13(18)17(14(20)9-12,16(22)25-2)15(21)10-3-5-11(6-4-10)19(23)24/h3-6,12-14,20H,7-9H2,1-2H3/t12-,13+,14-,17+/m0/s1. The monoisotopic (exact) mass is 348 g/mol. The first-order chi connectivity index (χ1) is 11.8. The highest BCUT2D eigenvalue weighted by Crippen LogP contribution is 2.48. The van der Waals surface area contributed by atoms with Crippen molar-refractivity contribution in [1.29, 1.82) is 0 Å². The van der Waals surface area contributed by atoms with Crippen molar-refractivity contribution in [3.63, 3.8) is 0 Å². The number of nitrogens with zero attached hydrogens (tertiary/aromatic N) is 2. The van der Waals surface area contributed by atoms with Crippen molar-refractivity contribution in [3.05, 3.63) is 39.9 Å². The zero-order valence-corrected chi connectivity index (χ0v) is 14.0. The predicted molar refractivity (Wildman–Crippen MR) is 87.1 cm³/mol. The molecule has 8 nitrogen and oxygen atoms in total. The summed E-state index contributed by atoms with van der Waals surface area (Å²) >= 11 is 0. The summed E-state index contributed by atoms with van der Waals surface area (Å²) in [6, 6.07) is 4.74. The number of aliphatic hydroxyl groups is 1. The van der Waals surface area contributed by atoms with Crippen molar-refractivity contribution in [2.75, 3.05) is 14.2 Å². The fraction of sp³-hybridized carbons (Fsp3) is 0.529. The zero-order valence-electron chi connectivity index (χ0n) is 14.0. The molecule has 0 unspecified atom stereocenters. The van der Waals surface area contributed by atoms with Crippen LogP contribution in [-0.2, 0) is 9.53 Å². The van der Waals surface area contributed by atoms with Gasteiger partial charge in [-0.3, -0.25) is 24.6 Å². The number of carbonyl (C=O) groups excluding carboxylic acids is 2. The molecule has 2 bridgehead atoms. The second kappa shape index (κ2) is 6.20. The summed E-state index contributed by atoms with van der Waals surface area (Å²) in [5.74, 6) is -1.32. The number of nitro groups is 1. The number of ketones is 1. The lowest BCUT2D eigenvalue weighted by molar-refractivity contribution is -0.384. The van der Waals surface area contributed by atoms with Crippen molar-refractivity contribution in [2.45, 2.75) is 37.5 Å². The van der Waals surface area contributed by atoms with Crippen LogP contribution in [-0.4, -0.2) is 59.0 Å². The first kappa shape index (κ1) is 17.5. The largest absolute Gasteiger partial charge is 0.468 e. The number of hydrogen-bond acceptors (Lipinski definition) is 7. The second-order valence-electron chi connectivity index (χ2n) is 6.66. The molecule has 2 heterocycles. The molecule has 2 fully saturated rings. The van der Waals surface area contributed by atoms with Crippen molar-refractivity contribution in [3.8, 4) is 0 Å². The van der Waals surface area contributed by atoms with Crippen molar-refractivity contribution < 1.29 is 24.4 Å². The van der Waals surface area contributed by atoms with E-state index in [1.54, 1.807) is 0 Å². The van der Waals surface area contributed by atoms with Crippen molar-refractivity contribution in [1.82, 2.24) is 4.90 Å². The van der Waals surface area contributed by atoms with Crippen LogP contribution >= 0.6 is 0 Å². The van der Waals surface area contributed by atoms with Gasteiger partial charge in [-0.05, 0) is 38.4 Å². The lowest BCUT2D eigenvalue weighted by atomic mass is 9.67. The van der Waals surface area contributed by atoms with Crippen LogP contribution < -0.4 is 0 Å². The van der Waals surface area contributed by atoms with Gasteiger partial charge in [-0.15, -0.1) is 0 Å². The van der Waals surface area contributed by atoms with Gasteiger partial charge in [-0.2, -0.15) is 0 Å². The average molecular weight is 348 g/mol. The number of Topliss-reactive ketones (excluding diaryl/α,β-unsaturated/α-hetero) is 1. The first-order valence-electron chi connectivity index (χ1n) is 8.11. The van der Waals surface area contributed by atoms with E-state index in [4.69, 9.17) is 4.74 Å². The van der Waals surface area contributed by atoms with Gasteiger partial charge in [0.05, 0.1) is 18.1 Å². The van der Waals surface area contributed by atoms with Gasteiger partial charge >= 0.3 is 5.97 Å². The smallest absolute Gasteiger partial charge is 0.324 e. The number of non-ortho nitro benzene ring substituents is 1.